The Hall–Kier alpha value is -2.62. The largest absolute Gasteiger partial charge is 0.326 e. The van der Waals surface area contributed by atoms with Crippen molar-refractivity contribution in [2.75, 3.05) is 16.8 Å². The number of aryl methyl sites for hydroxylation is 2. The van der Waals surface area contributed by atoms with Crippen LogP contribution in [0.5, 0.6) is 0 Å². The van der Waals surface area contributed by atoms with Gasteiger partial charge < -0.3 is 10.2 Å². The molecule has 0 radical (unpaired) electrons. The minimum absolute atomic E-state index is 0.00193. The minimum Gasteiger partial charge on any atom is -0.326 e. The lowest BCUT2D eigenvalue weighted by atomic mass is 10.1. The van der Waals surface area contributed by atoms with Crippen molar-refractivity contribution in [3.05, 3.63) is 59.7 Å². The molecule has 1 atom stereocenters. The zero-order chi connectivity index (χ0) is 17.1. The standard InChI is InChI=1S/C20H22N2O2/c1-3-15-7-9-17(10-8-15)21-20(24)16-12-19(23)22(13-16)18-6-4-5-14(2)11-18/h4-11,16H,3,12-13H2,1-2H3,(H,21,24)/t16-/m1/s1. The molecule has 0 spiro atoms. The number of rotatable bonds is 4. The normalized spacial score (nSPS) is 17.2. The highest BCUT2D eigenvalue weighted by molar-refractivity contribution is 6.03. The van der Waals surface area contributed by atoms with Gasteiger partial charge in [-0.25, -0.2) is 0 Å². The lowest BCUT2D eigenvalue weighted by Gasteiger charge is -2.17. The maximum absolute atomic E-state index is 12.5. The van der Waals surface area contributed by atoms with E-state index in [1.807, 2.05) is 55.5 Å². The predicted molar refractivity (Wildman–Crippen MR) is 96.1 cm³/mol. The number of nitrogens with zero attached hydrogens (tertiary/aromatic N) is 1. The van der Waals surface area contributed by atoms with Gasteiger partial charge in [-0.05, 0) is 48.7 Å². The van der Waals surface area contributed by atoms with Crippen molar-refractivity contribution in [1.29, 1.82) is 0 Å². The highest BCUT2D eigenvalue weighted by atomic mass is 16.2. The van der Waals surface area contributed by atoms with Gasteiger partial charge in [0, 0.05) is 24.3 Å². The van der Waals surface area contributed by atoms with Gasteiger partial charge in [-0.3, -0.25) is 9.59 Å². The Morgan fingerprint density at radius 1 is 1.21 bits per heavy atom. The van der Waals surface area contributed by atoms with E-state index >= 15 is 0 Å². The summed E-state index contributed by atoms with van der Waals surface area (Å²) in [6.45, 7) is 4.52. The molecule has 2 aromatic rings. The maximum atomic E-state index is 12.5. The van der Waals surface area contributed by atoms with Crippen molar-refractivity contribution >= 4 is 23.2 Å². The summed E-state index contributed by atoms with van der Waals surface area (Å²) in [4.78, 5) is 26.5. The van der Waals surface area contributed by atoms with Crippen LogP contribution in [0.3, 0.4) is 0 Å². The third-order valence-electron chi connectivity index (χ3n) is 4.44. The molecule has 1 aliphatic heterocycles. The van der Waals surface area contributed by atoms with Crippen LogP contribution in [0, 0.1) is 12.8 Å². The lowest BCUT2D eigenvalue weighted by molar-refractivity contribution is -0.122. The number of carbonyl (C=O) groups is 2. The van der Waals surface area contributed by atoms with E-state index in [4.69, 9.17) is 0 Å². The SMILES string of the molecule is CCc1ccc(NC(=O)[C@@H]2CC(=O)N(c3cccc(C)c3)C2)cc1. The summed E-state index contributed by atoms with van der Waals surface area (Å²) in [5.74, 6) is -0.409. The van der Waals surface area contributed by atoms with E-state index in [1.165, 1.54) is 5.56 Å². The fourth-order valence-corrected chi connectivity index (χ4v) is 3.00. The summed E-state index contributed by atoms with van der Waals surface area (Å²) in [7, 11) is 0. The highest BCUT2D eigenvalue weighted by Gasteiger charge is 2.35. The van der Waals surface area contributed by atoms with E-state index in [1.54, 1.807) is 4.90 Å². The van der Waals surface area contributed by atoms with Gasteiger partial charge in [0.2, 0.25) is 11.8 Å². The number of anilines is 2. The molecule has 1 N–H and O–H groups in total. The number of amides is 2. The minimum atomic E-state index is -0.316. The van der Waals surface area contributed by atoms with Gasteiger partial charge in [-0.2, -0.15) is 0 Å². The summed E-state index contributed by atoms with van der Waals surface area (Å²) < 4.78 is 0. The van der Waals surface area contributed by atoms with E-state index in [2.05, 4.69) is 12.2 Å². The average molecular weight is 322 g/mol. The molecule has 124 valence electrons. The Labute approximate surface area is 142 Å². The van der Waals surface area contributed by atoms with Gasteiger partial charge in [-0.15, -0.1) is 0 Å². The number of benzene rings is 2. The zero-order valence-electron chi connectivity index (χ0n) is 14.1. The molecule has 1 heterocycles. The molecule has 0 aliphatic carbocycles. The van der Waals surface area contributed by atoms with Crippen molar-refractivity contribution < 1.29 is 9.59 Å². The van der Waals surface area contributed by atoms with Crippen LogP contribution in [-0.2, 0) is 16.0 Å². The second-order valence-corrected chi connectivity index (χ2v) is 6.28. The van der Waals surface area contributed by atoms with Crippen molar-refractivity contribution in [2.24, 2.45) is 5.92 Å². The predicted octanol–water partition coefficient (Wildman–Crippen LogP) is 3.55. The van der Waals surface area contributed by atoms with Crippen LogP contribution in [0.4, 0.5) is 11.4 Å². The molecule has 1 saturated heterocycles. The van der Waals surface area contributed by atoms with E-state index in [0.717, 1.165) is 23.4 Å². The number of hydrogen-bond donors (Lipinski definition) is 1. The Balaban J connectivity index is 1.67. The van der Waals surface area contributed by atoms with Crippen LogP contribution in [0.15, 0.2) is 48.5 Å². The van der Waals surface area contributed by atoms with Crippen molar-refractivity contribution in [2.45, 2.75) is 26.7 Å². The maximum Gasteiger partial charge on any atom is 0.229 e. The first-order valence-electron chi connectivity index (χ1n) is 8.33. The number of hydrogen-bond acceptors (Lipinski definition) is 2. The number of carbonyl (C=O) groups excluding carboxylic acids is 2. The highest BCUT2D eigenvalue weighted by Crippen LogP contribution is 2.26. The third-order valence-corrected chi connectivity index (χ3v) is 4.44. The average Bonchev–Trinajstić information content (AvgIpc) is 2.97. The first-order valence-corrected chi connectivity index (χ1v) is 8.33. The molecule has 0 saturated carbocycles. The fourth-order valence-electron chi connectivity index (χ4n) is 3.00. The molecule has 1 aliphatic rings. The summed E-state index contributed by atoms with van der Waals surface area (Å²) >= 11 is 0. The molecule has 0 aromatic heterocycles. The molecule has 2 aromatic carbocycles. The third kappa shape index (κ3) is 3.48. The van der Waals surface area contributed by atoms with E-state index in [0.29, 0.717) is 6.54 Å². The fraction of sp³-hybridized carbons (Fsp3) is 0.300. The zero-order valence-corrected chi connectivity index (χ0v) is 14.1. The van der Waals surface area contributed by atoms with Gasteiger partial charge in [-0.1, -0.05) is 31.2 Å². The molecule has 0 bridgehead atoms. The van der Waals surface area contributed by atoms with Crippen LogP contribution in [-0.4, -0.2) is 18.4 Å². The van der Waals surface area contributed by atoms with Crippen LogP contribution in [0.2, 0.25) is 0 Å². The molecule has 4 heteroatoms. The molecule has 3 rings (SSSR count). The molecule has 24 heavy (non-hydrogen) atoms. The second kappa shape index (κ2) is 6.87. The van der Waals surface area contributed by atoms with Crippen LogP contribution in [0.25, 0.3) is 0 Å². The van der Waals surface area contributed by atoms with Gasteiger partial charge in [0.1, 0.15) is 0 Å². The molecule has 0 unspecified atom stereocenters. The molecular weight excluding hydrogens is 300 g/mol. The van der Waals surface area contributed by atoms with Crippen LogP contribution < -0.4 is 10.2 Å². The smallest absolute Gasteiger partial charge is 0.229 e. The second-order valence-electron chi connectivity index (χ2n) is 6.28. The lowest BCUT2D eigenvalue weighted by Crippen LogP contribution is -2.28. The Kier molecular flexibility index (Phi) is 4.65. The van der Waals surface area contributed by atoms with Crippen molar-refractivity contribution in [3.8, 4) is 0 Å². The topological polar surface area (TPSA) is 49.4 Å². The molecule has 2 amide bonds. The van der Waals surface area contributed by atoms with E-state index < -0.39 is 0 Å². The van der Waals surface area contributed by atoms with Gasteiger partial charge >= 0.3 is 0 Å². The van der Waals surface area contributed by atoms with Crippen LogP contribution in [0.1, 0.15) is 24.5 Å². The van der Waals surface area contributed by atoms with E-state index in [-0.39, 0.29) is 24.2 Å². The van der Waals surface area contributed by atoms with Crippen molar-refractivity contribution in [1.82, 2.24) is 0 Å². The Morgan fingerprint density at radius 2 is 1.96 bits per heavy atom. The van der Waals surface area contributed by atoms with Gasteiger partial charge in [0.15, 0.2) is 0 Å². The summed E-state index contributed by atoms with van der Waals surface area (Å²) in [5, 5.41) is 2.92. The first kappa shape index (κ1) is 16.2. The monoisotopic (exact) mass is 322 g/mol. The Morgan fingerprint density at radius 3 is 2.62 bits per heavy atom. The van der Waals surface area contributed by atoms with E-state index in [9.17, 15) is 9.59 Å². The quantitative estimate of drug-likeness (QED) is 0.936. The molecular formula is C20H22N2O2. The Bertz CT molecular complexity index is 752. The summed E-state index contributed by atoms with van der Waals surface area (Å²) in [6, 6.07) is 15.6. The molecule has 1 fully saturated rings. The summed E-state index contributed by atoms with van der Waals surface area (Å²) in [5.41, 5.74) is 3.97. The first-order chi connectivity index (χ1) is 11.6. The van der Waals surface area contributed by atoms with Gasteiger partial charge in [0.05, 0.1) is 5.92 Å². The molecule has 4 nitrogen and oxygen atoms in total. The van der Waals surface area contributed by atoms with Gasteiger partial charge in [0.25, 0.3) is 0 Å². The number of nitrogens with one attached hydrogen (secondary N) is 1. The summed E-state index contributed by atoms with van der Waals surface area (Å²) in [6.07, 6.45) is 1.23. The van der Waals surface area contributed by atoms with Crippen molar-refractivity contribution in [3.63, 3.8) is 0 Å². The van der Waals surface area contributed by atoms with Crippen LogP contribution >= 0.6 is 0 Å².